The number of hydrogen-bond acceptors (Lipinski definition) is 9. The number of ether oxygens (including phenoxy) is 3. The Hall–Kier alpha value is -2.86. The van der Waals surface area contributed by atoms with Gasteiger partial charge in [-0.1, -0.05) is 82.2 Å². The number of allylic oxidation sites excluding steroid dienone is 3. The number of fused-ring (bicyclic) bond motifs is 5. The van der Waals surface area contributed by atoms with Gasteiger partial charge in [-0.25, -0.2) is 9.59 Å². The molecule has 0 spiro atoms. The summed E-state index contributed by atoms with van der Waals surface area (Å²) in [5, 5.41) is 14.7. The third-order valence-electron chi connectivity index (χ3n) is 10.4. The molecular formula is C38H53ClN2O8S. The van der Waals surface area contributed by atoms with Crippen molar-refractivity contribution >= 4 is 48.0 Å². The lowest BCUT2D eigenvalue weighted by atomic mass is 9.84. The molecule has 0 saturated carbocycles. The number of carbonyl (C=O) groups excluding carboxylic acids is 4. The topological polar surface area (TPSA) is 135 Å². The second-order valence-corrected chi connectivity index (χ2v) is 16.8. The van der Waals surface area contributed by atoms with Crippen LogP contribution in [-0.4, -0.2) is 81.7 Å². The zero-order valence-corrected chi connectivity index (χ0v) is 32.3. The fourth-order valence-corrected chi connectivity index (χ4v) is 6.99. The van der Waals surface area contributed by atoms with E-state index in [4.69, 9.17) is 25.8 Å². The first-order chi connectivity index (χ1) is 23.2. The number of thiol groups is 1. The van der Waals surface area contributed by atoms with Gasteiger partial charge in [-0.05, 0) is 50.3 Å². The van der Waals surface area contributed by atoms with Crippen LogP contribution in [0.1, 0.15) is 96.8 Å². The average Bonchev–Trinajstić information content (AvgIpc) is 3.83. The van der Waals surface area contributed by atoms with Gasteiger partial charge in [0, 0.05) is 53.8 Å². The summed E-state index contributed by atoms with van der Waals surface area (Å²) in [6.45, 7) is 14.8. The molecule has 4 rings (SSSR count). The molecule has 1 aliphatic carbocycles. The number of benzene rings is 1. The molecule has 2 saturated heterocycles. The Balaban J connectivity index is 1.67. The van der Waals surface area contributed by atoms with Crippen LogP contribution in [0.4, 0.5) is 4.79 Å². The number of amides is 2. The maximum absolute atomic E-state index is 14.0. The number of nitrogens with one attached hydrogen (secondary N) is 1. The van der Waals surface area contributed by atoms with Gasteiger partial charge >= 0.3 is 12.1 Å². The third kappa shape index (κ3) is 9.72. The van der Waals surface area contributed by atoms with E-state index in [1.165, 1.54) is 4.90 Å². The molecular weight excluding hydrogens is 680 g/mol. The van der Waals surface area contributed by atoms with Crippen LogP contribution in [0.3, 0.4) is 0 Å². The van der Waals surface area contributed by atoms with Gasteiger partial charge < -0.3 is 24.2 Å². The van der Waals surface area contributed by atoms with Gasteiger partial charge in [0.15, 0.2) is 0 Å². The van der Waals surface area contributed by atoms with Gasteiger partial charge in [-0.15, -0.1) is 0 Å². The van der Waals surface area contributed by atoms with Crippen molar-refractivity contribution in [3.63, 3.8) is 0 Å². The molecule has 3 aliphatic rings. The fourth-order valence-electron chi connectivity index (χ4n) is 6.61. The molecule has 2 fully saturated rings. The Labute approximate surface area is 306 Å². The highest BCUT2D eigenvalue weighted by Crippen LogP contribution is 2.41. The zero-order valence-electron chi connectivity index (χ0n) is 30.6. The van der Waals surface area contributed by atoms with E-state index in [0.29, 0.717) is 23.4 Å². The van der Waals surface area contributed by atoms with Crippen LogP contribution < -0.4 is 5.32 Å². The number of esters is 1. The van der Waals surface area contributed by atoms with Crippen molar-refractivity contribution in [1.82, 2.24) is 10.2 Å². The van der Waals surface area contributed by atoms with E-state index >= 15 is 0 Å². The summed E-state index contributed by atoms with van der Waals surface area (Å²) in [6, 6.07) is 3.02. The van der Waals surface area contributed by atoms with E-state index in [1.54, 1.807) is 20.9 Å². The van der Waals surface area contributed by atoms with E-state index in [1.807, 2.05) is 71.9 Å². The van der Waals surface area contributed by atoms with Crippen LogP contribution in [-0.2, 0) is 35.0 Å². The molecule has 4 bridgehead atoms. The molecule has 12 heteroatoms. The number of likely N-dealkylation sites (N-methyl/N-ethyl adjacent to an activating group) is 1. The highest BCUT2D eigenvalue weighted by atomic mass is 35.5. The van der Waals surface area contributed by atoms with E-state index in [9.17, 15) is 24.3 Å². The Morgan fingerprint density at radius 2 is 1.88 bits per heavy atom. The molecule has 276 valence electrons. The normalized spacial score (nSPS) is 32.7. The van der Waals surface area contributed by atoms with Crippen LogP contribution >= 0.6 is 24.2 Å². The summed E-state index contributed by atoms with van der Waals surface area (Å²) in [5.41, 5.74) is 1.99. The predicted molar refractivity (Wildman–Crippen MR) is 195 cm³/mol. The number of rotatable bonds is 6. The minimum atomic E-state index is -1.58. The maximum atomic E-state index is 14.0. The number of carbonyl (C=O) groups is 4. The second kappa shape index (κ2) is 15.8. The minimum absolute atomic E-state index is 0.0950. The van der Waals surface area contributed by atoms with Crippen molar-refractivity contribution in [3.05, 3.63) is 57.6 Å². The van der Waals surface area contributed by atoms with Gasteiger partial charge in [-0.3, -0.25) is 14.9 Å². The van der Waals surface area contributed by atoms with Gasteiger partial charge in [0.25, 0.3) is 0 Å². The number of halogens is 1. The first-order valence-corrected chi connectivity index (χ1v) is 18.2. The van der Waals surface area contributed by atoms with Crippen LogP contribution in [0.15, 0.2) is 35.9 Å². The van der Waals surface area contributed by atoms with Gasteiger partial charge in [-0.2, -0.15) is 12.6 Å². The largest absolute Gasteiger partial charge is 0.457 e. The standard InChI is InChI=1S/C38H53ClN2O8S/c1-20-11-10-12-22(3)38(46)19-30(48-36(45)40-38)24(5)33-34(49-33)29(47-35(44)25(6)41(9)31(43)13-14-37(7,8)50)18-28(42)23(4)27-17-26(15-20)16-21(2)32(27)39/h10-12,16-17,22-25,29-30,33-34,46,50H,13-15,18-19H2,1-9H3,(H,40,45)/b12-10+,20-11+/t22?,23?,24?,25-,29?,30?,33?,34?,38?/m0/s1. The Bertz CT molecular complexity index is 1540. The summed E-state index contributed by atoms with van der Waals surface area (Å²) in [6.07, 6.45) is 3.29. The van der Waals surface area contributed by atoms with Gasteiger partial charge in [0.1, 0.15) is 35.9 Å². The minimum Gasteiger partial charge on any atom is -0.457 e. The molecule has 2 amide bonds. The van der Waals surface area contributed by atoms with E-state index in [0.717, 1.165) is 16.7 Å². The molecule has 0 aromatic heterocycles. The van der Waals surface area contributed by atoms with Crippen LogP contribution in [0.5, 0.6) is 0 Å². The van der Waals surface area contributed by atoms with Crippen molar-refractivity contribution < 1.29 is 38.5 Å². The number of Topliss-reactive ketones (excluding diaryl/α,β-unsaturated/α-hetero) is 1. The molecule has 50 heavy (non-hydrogen) atoms. The zero-order chi connectivity index (χ0) is 37.3. The van der Waals surface area contributed by atoms with E-state index in [2.05, 4.69) is 17.9 Å². The molecule has 9 atom stereocenters. The lowest BCUT2D eigenvalue weighted by molar-refractivity contribution is -0.160. The highest BCUT2D eigenvalue weighted by Gasteiger charge is 2.55. The van der Waals surface area contributed by atoms with E-state index in [-0.39, 0.29) is 35.7 Å². The number of hydrogen-bond donors (Lipinski definition) is 3. The summed E-state index contributed by atoms with van der Waals surface area (Å²) in [5.74, 6) is -2.57. The van der Waals surface area contributed by atoms with Crippen molar-refractivity contribution in [3.8, 4) is 0 Å². The van der Waals surface area contributed by atoms with Crippen molar-refractivity contribution in [2.75, 3.05) is 7.05 Å². The Morgan fingerprint density at radius 1 is 1.20 bits per heavy atom. The first kappa shape index (κ1) is 39.9. The molecule has 2 aliphatic heterocycles. The van der Waals surface area contributed by atoms with Crippen molar-refractivity contribution in [1.29, 1.82) is 0 Å². The van der Waals surface area contributed by atoms with Gasteiger partial charge in [0.2, 0.25) is 5.91 Å². The number of alkyl carbamates (subject to hydrolysis) is 1. The predicted octanol–water partition coefficient (Wildman–Crippen LogP) is 6.24. The summed E-state index contributed by atoms with van der Waals surface area (Å²) in [4.78, 5) is 54.6. The maximum Gasteiger partial charge on any atom is 0.409 e. The molecule has 0 radical (unpaired) electrons. The Kier molecular flexibility index (Phi) is 12.6. The molecule has 2 N–H and O–H groups in total. The molecule has 1 aromatic rings. The van der Waals surface area contributed by atoms with Crippen molar-refractivity contribution in [2.45, 2.75) is 134 Å². The number of nitrogens with zero attached hydrogens (tertiary/aromatic N) is 1. The Morgan fingerprint density at radius 3 is 2.54 bits per heavy atom. The fraction of sp³-hybridized carbons (Fsp3) is 0.632. The number of epoxide rings is 1. The SMILES string of the molecule is C/C1=C\C=C\C(C)C2(O)CC(OC(=O)N2)C(C)C2OC2C(OC(=O)[C@H](C)N(C)C(=O)CCC(C)(C)S)CC(=O)C(C)c2cc(cc(C)c2Cl)C1. The summed E-state index contributed by atoms with van der Waals surface area (Å²) < 4.78 is 17.4. The number of ketones is 1. The number of aliphatic hydroxyl groups is 1. The summed E-state index contributed by atoms with van der Waals surface area (Å²) in [7, 11) is 1.55. The molecule has 2 heterocycles. The molecule has 10 nitrogen and oxygen atoms in total. The monoisotopic (exact) mass is 732 g/mol. The lowest BCUT2D eigenvalue weighted by Gasteiger charge is -2.41. The van der Waals surface area contributed by atoms with Gasteiger partial charge in [0.05, 0.1) is 6.10 Å². The quantitative estimate of drug-likeness (QED) is 0.178. The second-order valence-electron chi connectivity index (χ2n) is 15.2. The molecule has 1 aromatic carbocycles. The first-order valence-electron chi connectivity index (χ1n) is 17.4. The number of aryl methyl sites for hydroxylation is 1. The van der Waals surface area contributed by atoms with E-state index < -0.39 is 66.0 Å². The smallest absolute Gasteiger partial charge is 0.409 e. The third-order valence-corrected chi connectivity index (χ3v) is 11.1. The average molecular weight is 733 g/mol. The van der Waals surface area contributed by atoms with Crippen molar-refractivity contribution in [2.24, 2.45) is 11.8 Å². The van der Waals surface area contributed by atoms with Crippen LogP contribution in [0.25, 0.3) is 0 Å². The van der Waals surface area contributed by atoms with Crippen LogP contribution in [0.2, 0.25) is 5.02 Å². The van der Waals surface area contributed by atoms with Crippen LogP contribution in [0, 0.1) is 18.8 Å². The summed E-state index contributed by atoms with van der Waals surface area (Å²) >= 11 is 11.3. The highest BCUT2D eigenvalue weighted by molar-refractivity contribution is 7.81. The molecule has 8 unspecified atom stereocenters. The lowest BCUT2D eigenvalue weighted by Crippen LogP contribution is -2.60.